The van der Waals surface area contributed by atoms with E-state index in [-0.39, 0.29) is 12.4 Å². The van der Waals surface area contributed by atoms with Gasteiger partial charge in [0.25, 0.3) is 0 Å². The molecule has 146 valence electrons. The van der Waals surface area contributed by atoms with Gasteiger partial charge in [0.2, 0.25) is 11.7 Å². The van der Waals surface area contributed by atoms with E-state index < -0.39 is 0 Å². The highest BCUT2D eigenvalue weighted by Gasteiger charge is 2.33. The highest BCUT2D eigenvalue weighted by Crippen LogP contribution is 2.32. The van der Waals surface area contributed by atoms with Gasteiger partial charge in [0.05, 0.1) is 6.54 Å². The minimum atomic E-state index is -0.301. The molecule has 2 N–H and O–H groups in total. The van der Waals surface area contributed by atoms with Crippen molar-refractivity contribution >= 4 is 0 Å². The first-order chi connectivity index (χ1) is 13.7. The van der Waals surface area contributed by atoms with E-state index in [1.807, 2.05) is 6.07 Å². The molecule has 7 heteroatoms. The summed E-state index contributed by atoms with van der Waals surface area (Å²) in [7, 11) is 0. The summed E-state index contributed by atoms with van der Waals surface area (Å²) in [6, 6.07) is 16.3. The molecule has 3 aromatic rings. The predicted octanol–water partition coefficient (Wildman–Crippen LogP) is 2.96. The third-order valence-electron chi connectivity index (χ3n) is 5.10. The molecule has 2 heterocycles. The Morgan fingerprint density at radius 2 is 1.89 bits per heavy atom. The maximum Gasteiger partial charge on any atom is 0.240 e. The van der Waals surface area contributed by atoms with E-state index in [4.69, 9.17) is 15.0 Å². The van der Waals surface area contributed by atoms with Crippen molar-refractivity contribution in [2.45, 2.75) is 19.1 Å². The molecule has 4 rings (SSSR count). The summed E-state index contributed by atoms with van der Waals surface area (Å²) in [5, 5.41) is 3.97. The van der Waals surface area contributed by atoms with Crippen LogP contribution < -0.4 is 10.5 Å². The molecular weight excluding hydrogens is 359 g/mol. The second-order valence-electron chi connectivity index (χ2n) is 7.05. The van der Waals surface area contributed by atoms with Crippen LogP contribution in [0.4, 0.5) is 4.39 Å². The Hall–Kier alpha value is -2.77. The summed E-state index contributed by atoms with van der Waals surface area (Å²) < 4.78 is 23.9. The van der Waals surface area contributed by atoms with E-state index in [0.29, 0.717) is 42.4 Å². The lowest BCUT2D eigenvalue weighted by molar-refractivity contribution is 0.255. The number of aromatic nitrogens is 2. The number of halogens is 1. The monoisotopic (exact) mass is 382 g/mol. The number of ether oxygens (including phenoxy) is 1. The molecule has 1 fully saturated rings. The molecule has 0 unspecified atom stereocenters. The fraction of sp³-hybridized carbons (Fsp3) is 0.333. The van der Waals surface area contributed by atoms with Crippen molar-refractivity contribution in [2.24, 2.45) is 11.7 Å². The molecule has 28 heavy (non-hydrogen) atoms. The van der Waals surface area contributed by atoms with Gasteiger partial charge in [-0.25, -0.2) is 4.39 Å². The van der Waals surface area contributed by atoms with Gasteiger partial charge in [0.15, 0.2) is 6.61 Å². The van der Waals surface area contributed by atoms with E-state index in [0.717, 1.165) is 13.1 Å². The molecular formula is C21H23FN4O2. The lowest BCUT2D eigenvalue weighted by Gasteiger charge is -2.16. The summed E-state index contributed by atoms with van der Waals surface area (Å²) in [5.41, 5.74) is 7.33. The summed E-state index contributed by atoms with van der Waals surface area (Å²) in [6.45, 7) is 3.22. The quantitative estimate of drug-likeness (QED) is 0.677. The molecule has 1 saturated heterocycles. The van der Waals surface area contributed by atoms with Crippen LogP contribution in [0.15, 0.2) is 59.1 Å². The summed E-state index contributed by atoms with van der Waals surface area (Å²) in [4.78, 5) is 6.70. The molecule has 2 aromatic carbocycles. The van der Waals surface area contributed by atoms with E-state index in [2.05, 4.69) is 39.3 Å². The molecule has 0 aliphatic carbocycles. The van der Waals surface area contributed by atoms with Crippen molar-refractivity contribution in [3.8, 4) is 5.75 Å². The van der Waals surface area contributed by atoms with Gasteiger partial charge in [-0.05, 0) is 42.3 Å². The minimum Gasteiger partial charge on any atom is -0.485 e. The maximum absolute atomic E-state index is 12.9. The average molecular weight is 382 g/mol. The van der Waals surface area contributed by atoms with E-state index in [1.165, 1.54) is 17.7 Å². The van der Waals surface area contributed by atoms with Crippen molar-refractivity contribution < 1.29 is 13.7 Å². The lowest BCUT2D eigenvalue weighted by Crippen LogP contribution is -2.23. The molecule has 2 atom stereocenters. The molecule has 0 spiro atoms. The SMILES string of the molecule is NC[C@@H]1CN(Cc2nc(COc3ccc(F)cc3)no2)C[C@H]1c1ccccc1. The number of hydrogen-bond donors (Lipinski definition) is 1. The first-order valence-electron chi connectivity index (χ1n) is 9.38. The Labute approximate surface area is 163 Å². The van der Waals surface area contributed by atoms with Crippen LogP contribution in [-0.4, -0.2) is 34.7 Å². The van der Waals surface area contributed by atoms with Gasteiger partial charge < -0.3 is 15.0 Å². The predicted molar refractivity (Wildman–Crippen MR) is 102 cm³/mol. The first-order valence-corrected chi connectivity index (χ1v) is 9.38. The fourth-order valence-electron chi connectivity index (χ4n) is 3.69. The molecule has 0 bridgehead atoms. The summed E-state index contributed by atoms with van der Waals surface area (Å²) in [6.07, 6.45) is 0. The molecule has 0 amide bonds. The first kappa shape index (κ1) is 18.6. The second-order valence-corrected chi connectivity index (χ2v) is 7.05. The van der Waals surface area contributed by atoms with Crippen LogP contribution in [0, 0.1) is 11.7 Å². The van der Waals surface area contributed by atoms with Gasteiger partial charge in [-0.15, -0.1) is 0 Å². The zero-order valence-electron chi connectivity index (χ0n) is 15.5. The highest BCUT2D eigenvalue weighted by atomic mass is 19.1. The number of nitrogens with zero attached hydrogens (tertiary/aromatic N) is 3. The molecule has 0 saturated carbocycles. The standard InChI is InChI=1S/C21H23FN4O2/c22-17-6-8-18(9-7-17)27-14-20-24-21(28-25-20)13-26-11-16(10-23)19(12-26)15-4-2-1-3-5-15/h1-9,16,19H,10-14,23H2/t16-,19+/m1/s1. The summed E-state index contributed by atoms with van der Waals surface area (Å²) >= 11 is 0. The van der Waals surface area contributed by atoms with Crippen LogP contribution >= 0.6 is 0 Å². The van der Waals surface area contributed by atoms with Crippen LogP contribution in [-0.2, 0) is 13.2 Å². The zero-order chi connectivity index (χ0) is 19.3. The van der Waals surface area contributed by atoms with Crippen LogP contribution in [0.1, 0.15) is 23.2 Å². The Balaban J connectivity index is 1.34. The second kappa shape index (κ2) is 8.50. The van der Waals surface area contributed by atoms with Gasteiger partial charge >= 0.3 is 0 Å². The minimum absolute atomic E-state index is 0.174. The third kappa shape index (κ3) is 4.37. The van der Waals surface area contributed by atoms with Crippen molar-refractivity contribution in [2.75, 3.05) is 19.6 Å². The van der Waals surface area contributed by atoms with E-state index >= 15 is 0 Å². The van der Waals surface area contributed by atoms with Crippen molar-refractivity contribution in [3.63, 3.8) is 0 Å². The Morgan fingerprint density at radius 1 is 1.11 bits per heavy atom. The van der Waals surface area contributed by atoms with Gasteiger partial charge in [0.1, 0.15) is 11.6 Å². The molecule has 1 aliphatic heterocycles. The number of nitrogens with two attached hydrogens (primary N) is 1. The number of rotatable bonds is 7. The largest absolute Gasteiger partial charge is 0.485 e. The Bertz CT molecular complexity index is 885. The van der Waals surface area contributed by atoms with Crippen LogP contribution in [0.2, 0.25) is 0 Å². The van der Waals surface area contributed by atoms with E-state index in [9.17, 15) is 4.39 Å². The van der Waals surface area contributed by atoms with Crippen molar-refractivity contribution in [3.05, 3.63) is 77.7 Å². The average Bonchev–Trinajstić information content (AvgIpc) is 3.35. The molecule has 1 aliphatic rings. The maximum atomic E-state index is 12.9. The fourth-order valence-corrected chi connectivity index (χ4v) is 3.69. The molecule has 6 nitrogen and oxygen atoms in total. The van der Waals surface area contributed by atoms with Crippen LogP contribution in [0.3, 0.4) is 0 Å². The number of benzene rings is 2. The van der Waals surface area contributed by atoms with Gasteiger partial charge in [-0.1, -0.05) is 35.5 Å². The van der Waals surface area contributed by atoms with Crippen molar-refractivity contribution in [1.29, 1.82) is 0 Å². The lowest BCUT2D eigenvalue weighted by atomic mass is 9.89. The molecule has 1 aromatic heterocycles. The smallest absolute Gasteiger partial charge is 0.240 e. The Kier molecular flexibility index (Phi) is 5.64. The topological polar surface area (TPSA) is 77.4 Å². The van der Waals surface area contributed by atoms with E-state index in [1.54, 1.807) is 12.1 Å². The zero-order valence-corrected chi connectivity index (χ0v) is 15.5. The Morgan fingerprint density at radius 3 is 2.64 bits per heavy atom. The summed E-state index contributed by atoms with van der Waals surface area (Å²) in [5.74, 6) is 2.10. The molecule has 0 radical (unpaired) electrons. The number of hydrogen-bond acceptors (Lipinski definition) is 6. The highest BCUT2D eigenvalue weighted by molar-refractivity contribution is 5.23. The van der Waals surface area contributed by atoms with Crippen LogP contribution in [0.5, 0.6) is 5.75 Å². The third-order valence-corrected chi connectivity index (χ3v) is 5.10. The van der Waals surface area contributed by atoms with Gasteiger partial charge in [-0.2, -0.15) is 4.98 Å². The van der Waals surface area contributed by atoms with Crippen LogP contribution in [0.25, 0.3) is 0 Å². The normalized spacial score (nSPS) is 19.8. The number of likely N-dealkylation sites (tertiary alicyclic amines) is 1. The van der Waals surface area contributed by atoms with Crippen molar-refractivity contribution in [1.82, 2.24) is 15.0 Å². The van der Waals surface area contributed by atoms with Gasteiger partial charge in [0, 0.05) is 19.0 Å². The van der Waals surface area contributed by atoms with Gasteiger partial charge in [-0.3, -0.25) is 4.90 Å².